The van der Waals surface area contributed by atoms with Crippen LogP contribution in [0.5, 0.6) is 0 Å². The maximum Gasteiger partial charge on any atom is 2.00 e. The molecule has 0 aromatic carbocycles. The maximum absolute atomic E-state index is 10.4. The molecule has 9 nitrogen and oxygen atoms in total. The summed E-state index contributed by atoms with van der Waals surface area (Å²) in [6.07, 6.45) is -5.03. The van der Waals surface area contributed by atoms with E-state index in [-0.39, 0.29) is 48.9 Å². The summed E-state index contributed by atoms with van der Waals surface area (Å²) in [6, 6.07) is 0. The fourth-order valence-electron chi connectivity index (χ4n) is 1.19. The molecule has 0 aromatic rings. The van der Waals surface area contributed by atoms with Gasteiger partial charge in [0.15, 0.2) is 0 Å². The summed E-state index contributed by atoms with van der Waals surface area (Å²) < 4.78 is 18.9. The number of aliphatic hydroxyl groups is 4. The average Bonchev–Trinajstić information content (AvgIpc) is 2.18. The zero-order valence-corrected chi connectivity index (χ0v) is 14.0. The van der Waals surface area contributed by atoms with Crippen molar-refractivity contribution >= 4 is 56.7 Å². The van der Waals surface area contributed by atoms with Gasteiger partial charge >= 0.3 is 56.7 Å². The van der Waals surface area contributed by atoms with E-state index < -0.39 is 45.1 Å². The maximum atomic E-state index is 10.4. The van der Waals surface area contributed by atoms with Gasteiger partial charge in [0, 0.05) is 0 Å². The number of rotatable bonds is 3. The molecular weight excluding hydrogens is 384 g/mol. The van der Waals surface area contributed by atoms with Crippen LogP contribution in [0, 0.1) is 0 Å². The third-order valence-corrected chi connectivity index (χ3v) is 2.59. The minimum Gasteiger partial charge on any atom is -0.388 e. The SMILES string of the molecule is O=P(O)(O)OCC1(O)OCC(O)C(O)C1O.[Ba+2]. The minimum atomic E-state index is -4.83. The van der Waals surface area contributed by atoms with E-state index in [1.54, 1.807) is 0 Å². The molecule has 0 radical (unpaired) electrons. The molecule has 0 bridgehead atoms. The third-order valence-electron chi connectivity index (χ3n) is 2.12. The molecule has 11 heteroatoms. The van der Waals surface area contributed by atoms with Crippen molar-refractivity contribution in [1.29, 1.82) is 0 Å². The molecule has 0 aliphatic carbocycles. The summed E-state index contributed by atoms with van der Waals surface area (Å²) in [5.41, 5.74) is 0. The van der Waals surface area contributed by atoms with Crippen molar-refractivity contribution in [3.8, 4) is 0 Å². The fourth-order valence-corrected chi connectivity index (χ4v) is 1.55. The molecule has 1 heterocycles. The van der Waals surface area contributed by atoms with E-state index in [1.807, 2.05) is 0 Å². The van der Waals surface area contributed by atoms with E-state index in [1.165, 1.54) is 0 Å². The Balaban J connectivity index is 0.00000256. The minimum absolute atomic E-state index is 0. The van der Waals surface area contributed by atoms with E-state index >= 15 is 0 Å². The summed E-state index contributed by atoms with van der Waals surface area (Å²) in [4.78, 5) is 16.8. The first-order chi connectivity index (χ1) is 7.16. The van der Waals surface area contributed by atoms with Gasteiger partial charge in [0.1, 0.15) is 24.9 Å². The van der Waals surface area contributed by atoms with Gasteiger partial charge in [0.05, 0.1) is 6.61 Å². The molecule has 96 valence electrons. The fraction of sp³-hybridized carbons (Fsp3) is 1.00. The van der Waals surface area contributed by atoms with Crippen LogP contribution in [0.4, 0.5) is 0 Å². The predicted octanol–water partition coefficient (Wildman–Crippen LogP) is -3.48. The number of ether oxygens (including phenoxy) is 1. The Bertz CT molecular complexity index is 295. The Kier molecular flexibility index (Phi) is 7.36. The first-order valence-electron chi connectivity index (χ1n) is 4.26. The molecule has 1 fully saturated rings. The first-order valence-corrected chi connectivity index (χ1v) is 5.79. The molecule has 1 aliphatic heterocycles. The molecule has 1 saturated heterocycles. The molecule has 17 heavy (non-hydrogen) atoms. The van der Waals surface area contributed by atoms with Crippen LogP contribution in [0.1, 0.15) is 0 Å². The Morgan fingerprint density at radius 3 is 2.35 bits per heavy atom. The number of hydrogen-bond donors (Lipinski definition) is 6. The van der Waals surface area contributed by atoms with Gasteiger partial charge in [-0.1, -0.05) is 0 Å². The molecule has 1 rings (SSSR count). The number of aliphatic hydroxyl groups excluding tert-OH is 3. The van der Waals surface area contributed by atoms with Gasteiger partial charge in [0.2, 0.25) is 5.79 Å². The van der Waals surface area contributed by atoms with E-state index in [0.29, 0.717) is 0 Å². The number of phosphoric acid groups is 1. The molecule has 0 amide bonds. The largest absolute Gasteiger partial charge is 2.00 e. The van der Waals surface area contributed by atoms with Gasteiger partial charge in [0.25, 0.3) is 0 Å². The van der Waals surface area contributed by atoms with Crippen molar-refractivity contribution in [3.63, 3.8) is 0 Å². The van der Waals surface area contributed by atoms with Crippen molar-refractivity contribution in [2.24, 2.45) is 0 Å². The van der Waals surface area contributed by atoms with Crippen LogP contribution < -0.4 is 0 Å². The van der Waals surface area contributed by atoms with Crippen LogP contribution in [0.25, 0.3) is 0 Å². The summed E-state index contributed by atoms with van der Waals surface area (Å²) >= 11 is 0. The van der Waals surface area contributed by atoms with Crippen molar-refractivity contribution in [1.82, 2.24) is 0 Å². The second kappa shape index (κ2) is 6.77. The predicted molar refractivity (Wildman–Crippen MR) is 52.7 cm³/mol. The molecule has 4 atom stereocenters. The molecule has 4 unspecified atom stereocenters. The molecule has 0 saturated carbocycles. The zero-order chi connectivity index (χ0) is 12.6. The molecule has 1 aliphatic rings. The second-order valence-corrected chi connectivity index (χ2v) is 4.66. The zero-order valence-electron chi connectivity index (χ0n) is 8.71. The molecular formula is C6H13BaO9P+2. The van der Waals surface area contributed by atoms with Crippen molar-refractivity contribution < 1.29 is 44.0 Å². The normalized spacial score (nSPS) is 38.6. The standard InChI is InChI=1S/C6H13O9P.Ba/c7-3-1-14-6(10,5(9)4(3)8)2-15-16(11,12)13;/h3-5,7-10H,1-2H2,(H2,11,12,13);/q;+2. The first kappa shape index (κ1) is 18.5. The van der Waals surface area contributed by atoms with E-state index in [2.05, 4.69) is 9.26 Å². The van der Waals surface area contributed by atoms with Gasteiger partial charge in [-0.3, -0.25) is 4.52 Å². The van der Waals surface area contributed by atoms with E-state index in [4.69, 9.17) is 14.9 Å². The van der Waals surface area contributed by atoms with Crippen LogP contribution in [-0.2, 0) is 13.8 Å². The Labute approximate surface area is 137 Å². The summed E-state index contributed by atoms with van der Waals surface area (Å²) in [5.74, 6) is -2.47. The van der Waals surface area contributed by atoms with Crippen LogP contribution in [0.2, 0.25) is 0 Å². The van der Waals surface area contributed by atoms with Crippen LogP contribution in [-0.4, -0.2) is 116 Å². The molecule has 0 spiro atoms. The van der Waals surface area contributed by atoms with Crippen molar-refractivity contribution in [2.75, 3.05) is 13.2 Å². The van der Waals surface area contributed by atoms with E-state index in [9.17, 15) is 19.9 Å². The van der Waals surface area contributed by atoms with Gasteiger partial charge < -0.3 is 34.9 Å². The summed E-state index contributed by atoms with van der Waals surface area (Å²) in [5, 5.41) is 37.2. The summed E-state index contributed by atoms with van der Waals surface area (Å²) in [6.45, 7) is -1.54. The van der Waals surface area contributed by atoms with Gasteiger partial charge in [-0.15, -0.1) is 0 Å². The smallest absolute Gasteiger partial charge is 0.388 e. The van der Waals surface area contributed by atoms with Crippen LogP contribution in [0.15, 0.2) is 0 Å². The number of phosphoric ester groups is 1. The van der Waals surface area contributed by atoms with Gasteiger partial charge in [-0.25, -0.2) is 4.57 Å². The molecule has 6 N–H and O–H groups in total. The third kappa shape index (κ3) is 5.17. The van der Waals surface area contributed by atoms with Crippen molar-refractivity contribution in [3.05, 3.63) is 0 Å². The van der Waals surface area contributed by atoms with Gasteiger partial charge in [-0.2, -0.15) is 0 Å². The quantitative estimate of drug-likeness (QED) is 0.210. The monoisotopic (exact) mass is 398 g/mol. The topological polar surface area (TPSA) is 157 Å². The van der Waals surface area contributed by atoms with Crippen LogP contribution in [0.3, 0.4) is 0 Å². The summed E-state index contributed by atoms with van der Waals surface area (Å²) in [7, 11) is -4.83. The Hall–Kier alpha value is 1.48. The van der Waals surface area contributed by atoms with Crippen LogP contribution >= 0.6 is 7.82 Å². The second-order valence-electron chi connectivity index (χ2n) is 3.42. The van der Waals surface area contributed by atoms with Gasteiger partial charge in [-0.05, 0) is 0 Å². The number of hydrogen-bond acceptors (Lipinski definition) is 7. The Morgan fingerprint density at radius 1 is 1.35 bits per heavy atom. The van der Waals surface area contributed by atoms with E-state index in [0.717, 1.165) is 0 Å². The van der Waals surface area contributed by atoms with Crippen molar-refractivity contribution in [2.45, 2.75) is 24.1 Å². The molecule has 0 aromatic heterocycles. The average molecular weight is 397 g/mol. The Morgan fingerprint density at radius 2 is 1.88 bits per heavy atom.